The zero-order valence-corrected chi connectivity index (χ0v) is 21.4. The van der Waals surface area contributed by atoms with Gasteiger partial charge in [0.1, 0.15) is 0 Å². The molecule has 2 rings (SSSR count). The molecule has 0 heterocycles. The summed E-state index contributed by atoms with van der Waals surface area (Å²) in [4.78, 5) is 12.2. The first kappa shape index (κ1) is 27.7. The van der Waals surface area contributed by atoms with E-state index in [0.717, 1.165) is 56.3 Å². The van der Waals surface area contributed by atoms with Gasteiger partial charge in [-0.05, 0) is 81.7 Å². The fraction of sp³-hybridized carbons (Fsp3) is 0.355. The van der Waals surface area contributed by atoms with Gasteiger partial charge in [-0.15, -0.1) is 0 Å². The molecule has 4 heteroatoms. The van der Waals surface area contributed by atoms with E-state index in [1.165, 1.54) is 23.8 Å². The first-order valence-electron chi connectivity index (χ1n) is 12.3. The Morgan fingerprint density at radius 1 is 1.29 bits per heavy atom. The molecule has 0 amide bonds. The minimum absolute atomic E-state index is 0.329. The van der Waals surface area contributed by atoms with Crippen LogP contribution in [0.3, 0.4) is 0 Å². The first-order valence-corrected chi connectivity index (χ1v) is 12.3. The second kappa shape index (κ2) is 14.6. The number of esters is 1. The van der Waals surface area contributed by atoms with Crippen molar-refractivity contribution in [3.05, 3.63) is 107 Å². The molecule has 4 nitrogen and oxygen atoms in total. The Balaban J connectivity index is 2.10. The molecule has 0 fully saturated rings. The molecule has 0 saturated heterocycles. The summed E-state index contributed by atoms with van der Waals surface area (Å²) in [5.74, 6) is -0.000800. The molecular weight excluding hydrogens is 432 g/mol. The van der Waals surface area contributed by atoms with E-state index >= 15 is 0 Å². The third-order valence-electron chi connectivity index (χ3n) is 6.30. The Morgan fingerprint density at radius 2 is 2.06 bits per heavy atom. The van der Waals surface area contributed by atoms with Crippen LogP contribution in [0.25, 0.3) is 0 Å². The summed E-state index contributed by atoms with van der Waals surface area (Å²) >= 11 is 0. The second-order valence-electron chi connectivity index (χ2n) is 8.85. The molecule has 0 radical (unpaired) electrons. The van der Waals surface area contributed by atoms with Crippen molar-refractivity contribution in [2.75, 3.05) is 13.7 Å². The molecule has 0 spiro atoms. The lowest BCUT2D eigenvalue weighted by atomic mass is 9.81. The minimum atomic E-state index is -0.330. The Hall–Kier alpha value is -3.58. The fourth-order valence-corrected chi connectivity index (χ4v) is 4.29. The van der Waals surface area contributed by atoms with Gasteiger partial charge in [-0.2, -0.15) is 5.26 Å². The predicted octanol–water partition coefficient (Wildman–Crippen LogP) is 7.11. The number of allylic oxidation sites excluding steroid dienone is 12. The number of nitrogens with zero attached hydrogens (tertiary/aromatic N) is 1. The zero-order chi connectivity index (χ0) is 25.6. The van der Waals surface area contributed by atoms with E-state index in [0.29, 0.717) is 17.1 Å². The highest BCUT2D eigenvalue weighted by Gasteiger charge is 2.21. The summed E-state index contributed by atoms with van der Waals surface area (Å²) in [6, 6.07) is 2.16. The van der Waals surface area contributed by atoms with Gasteiger partial charge >= 0.3 is 5.97 Å². The lowest BCUT2D eigenvalue weighted by molar-refractivity contribution is -0.135. The van der Waals surface area contributed by atoms with E-state index in [2.05, 4.69) is 37.5 Å². The van der Waals surface area contributed by atoms with Crippen LogP contribution in [0.15, 0.2) is 107 Å². The van der Waals surface area contributed by atoms with E-state index in [1.54, 1.807) is 6.08 Å². The highest BCUT2D eigenvalue weighted by Crippen LogP contribution is 2.33. The van der Waals surface area contributed by atoms with Crippen LogP contribution in [-0.2, 0) is 9.53 Å². The number of nitriles is 1. The number of carbonyl (C=O) groups is 1. The molecule has 1 atom stereocenters. The monoisotopic (exact) mass is 470 g/mol. The predicted molar refractivity (Wildman–Crippen MR) is 145 cm³/mol. The average Bonchev–Trinajstić information content (AvgIpc) is 3.12. The van der Waals surface area contributed by atoms with Crippen LogP contribution < -0.4 is 5.32 Å². The molecule has 0 bridgehead atoms. The van der Waals surface area contributed by atoms with Crippen LogP contribution in [0, 0.1) is 17.2 Å². The van der Waals surface area contributed by atoms with Gasteiger partial charge in [0, 0.05) is 23.7 Å². The Kier molecular flexibility index (Phi) is 11.6. The van der Waals surface area contributed by atoms with Crippen LogP contribution in [-0.4, -0.2) is 19.6 Å². The van der Waals surface area contributed by atoms with E-state index in [1.807, 2.05) is 49.5 Å². The molecule has 0 aromatic rings. The molecule has 0 unspecified atom stereocenters. The summed E-state index contributed by atoms with van der Waals surface area (Å²) < 4.78 is 4.97. The highest BCUT2D eigenvalue weighted by atomic mass is 16.5. The number of hydrogen-bond donors (Lipinski definition) is 1. The van der Waals surface area contributed by atoms with Gasteiger partial charge in [0.25, 0.3) is 0 Å². The number of methoxy groups -OCH3 is 1. The Labute approximate surface area is 211 Å². The summed E-state index contributed by atoms with van der Waals surface area (Å²) in [6.45, 7) is 13.0. The van der Waals surface area contributed by atoms with Gasteiger partial charge in [-0.25, -0.2) is 4.79 Å². The smallest absolute Gasteiger partial charge is 0.339 e. The van der Waals surface area contributed by atoms with Crippen LogP contribution in [0.2, 0.25) is 0 Å². The molecule has 0 aromatic heterocycles. The summed E-state index contributed by atoms with van der Waals surface area (Å²) in [6.07, 6.45) is 23.5. The SMILES string of the molecule is C=CC1=C(/C=C(\C)CCC(=C)/C=C\C(C#N)=C/C)CCC[C@H]1CNC1=C(C(=O)OC)C=CCC=C1. The second-order valence-corrected chi connectivity index (χ2v) is 8.85. The maximum atomic E-state index is 12.2. The first-order chi connectivity index (χ1) is 16.9. The van der Waals surface area contributed by atoms with E-state index in [-0.39, 0.29) is 5.97 Å². The van der Waals surface area contributed by atoms with Gasteiger partial charge in [-0.1, -0.05) is 60.8 Å². The Morgan fingerprint density at radius 3 is 2.74 bits per heavy atom. The van der Waals surface area contributed by atoms with Crippen LogP contribution in [0.4, 0.5) is 0 Å². The van der Waals surface area contributed by atoms with Crippen molar-refractivity contribution >= 4 is 5.97 Å². The molecule has 2 aliphatic rings. The van der Waals surface area contributed by atoms with Gasteiger partial charge in [0.15, 0.2) is 0 Å². The molecule has 184 valence electrons. The quantitative estimate of drug-likeness (QED) is 0.198. The van der Waals surface area contributed by atoms with Crippen molar-refractivity contribution in [3.8, 4) is 6.07 Å². The summed E-state index contributed by atoms with van der Waals surface area (Å²) in [7, 11) is 1.41. The minimum Gasteiger partial charge on any atom is -0.465 e. The van der Waals surface area contributed by atoms with Gasteiger partial charge < -0.3 is 10.1 Å². The largest absolute Gasteiger partial charge is 0.465 e. The fourth-order valence-electron chi connectivity index (χ4n) is 4.29. The highest BCUT2D eigenvalue weighted by molar-refractivity contribution is 5.93. The Bertz CT molecular complexity index is 1070. The maximum Gasteiger partial charge on any atom is 0.339 e. The van der Waals surface area contributed by atoms with Crippen molar-refractivity contribution in [2.45, 2.75) is 52.4 Å². The van der Waals surface area contributed by atoms with Crippen LogP contribution in [0.1, 0.15) is 52.4 Å². The zero-order valence-electron chi connectivity index (χ0n) is 21.4. The van der Waals surface area contributed by atoms with Crippen LogP contribution >= 0.6 is 0 Å². The molecule has 1 N–H and O–H groups in total. The number of hydrogen-bond acceptors (Lipinski definition) is 4. The maximum absolute atomic E-state index is 12.2. The summed E-state index contributed by atoms with van der Waals surface area (Å²) in [5.41, 5.74) is 6.95. The van der Waals surface area contributed by atoms with E-state index < -0.39 is 0 Å². The average molecular weight is 471 g/mol. The van der Waals surface area contributed by atoms with Crippen molar-refractivity contribution in [2.24, 2.45) is 5.92 Å². The van der Waals surface area contributed by atoms with Crippen molar-refractivity contribution in [1.82, 2.24) is 5.32 Å². The summed E-state index contributed by atoms with van der Waals surface area (Å²) in [5, 5.41) is 12.5. The number of ether oxygens (including phenoxy) is 1. The van der Waals surface area contributed by atoms with Gasteiger partial charge in [-0.3, -0.25) is 0 Å². The van der Waals surface area contributed by atoms with Crippen molar-refractivity contribution in [1.29, 1.82) is 5.26 Å². The van der Waals surface area contributed by atoms with Crippen molar-refractivity contribution < 1.29 is 9.53 Å². The lowest BCUT2D eigenvalue weighted by Gasteiger charge is -2.27. The number of nitrogens with one attached hydrogen (secondary N) is 1. The third-order valence-corrected chi connectivity index (χ3v) is 6.30. The van der Waals surface area contributed by atoms with E-state index in [4.69, 9.17) is 10.00 Å². The standard InChI is InChI=1S/C31H38N2O2/c1-6-25(21-32)19-18-23(3)16-17-24(4)20-26-12-11-13-27(28(26)7-2)22-33-30-15-10-8-9-14-29(30)31(34)35-5/h6-7,9-10,14-15,18-20,27,33H,2-3,8,11-13,16-17,22H2,1,4-5H3/b19-18-,24-20+,25-6+/t27-/m0/s1. The van der Waals surface area contributed by atoms with Gasteiger partial charge in [0.05, 0.1) is 18.8 Å². The molecule has 0 aliphatic heterocycles. The lowest BCUT2D eigenvalue weighted by Crippen LogP contribution is -2.27. The normalized spacial score (nSPS) is 19.0. The molecule has 0 aromatic carbocycles. The van der Waals surface area contributed by atoms with Crippen LogP contribution in [0.5, 0.6) is 0 Å². The van der Waals surface area contributed by atoms with Crippen molar-refractivity contribution in [3.63, 3.8) is 0 Å². The van der Waals surface area contributed by atoms with Gasteiger partial charge in [0.2, 0.25) is 0 Å². The molecule has 2 aliphatic carbocycles. The number of carbonyl (C=O) groups excluding carboxylic acids is 1. The topological polar surface area (TPSA) is 62.1 Å². The molecular formula is C31H38N2O2. The molecule has 35 heavy (non-hydrogen) atoms. The number of rotatable bonds is 11. The van der Waals surface area contributed by atoms with E-state index in [9.17, 15) is 4.79 Å². The third kappa shape index (κ3) is 8.61. The molecule has 0 saturated carbocycles.